The summed E-state index contributed by atoms with van der Waals surface area (Å²) in [5.74, 6) is 1.24. The third-order valence-corrected chi connectivity index (χ3v) is 5.22. The highest BCUT2D eigenvalue weighted by Crippen LogP contribution is 2.31. The lowest BCUT2D eigenvalue weighted by atomic mass is 10.1. The Morgan fingerprint density at radius 3 is 2.28 bits per heavy atom. The number of amides is 1. The van der Waals surface area contributed by atoms with Gasteiger partial charge in [-0.3, -0.25) is 4.79 Å². The summed E-state index contributed by atoms with van der Waals surface area (Å²) >= 11 is 0. The number of nitrogens with zero attached hydrogens (tertiary/aromatic N) is 2. The summed E-state index contributed by atoms with van der Waals surface area (Å²) in [7, 11) is 0. The first-order valence-corrected chi connectivity index (χ1v) is 10.4. The minimum absolute atomic E-state index is 0.127. The van der Waals surface area contributed by atoms with Crippen LogP contribution in [0.25, 0.3) is 33.7 Å². The monoisotopic (exact) mass is 423 g/mol. The molecule has 0 fully saturated rings. The Bertz CT molecular complexity index is 1370. The highest BCUT2D eigenvalue weighted by atomic mass is 16.5. The van der Waals surface area contributed by atoms with Gasteiger partial charge >= 0.3 is 0 Å². The van der Waals surface area contributed by atoms with Gasteiger partial charge in [-0.15, -0.1) is 0 Å². The van der Waals surface area contributed by atoms with Crippen LogP contribution in [0.2, 0.25) is 0 Å². The molecule has 32 heavy (non-hydrogen) atoms. The van der Waals surface area contributed by atoms with Crippen molar-refractivity contribution in [1.29, 1.82) is 0 Å². The molecular formula is C26H21N3O3. The summed E-state index contributed by atoms with van der Waals surface area (Å²) in [6.45, 7) is 1.47. The minimum atomic E-state index is -0.127. The molecule has 2 aromatic heterocycles. The second kappa shape index (κ2) is 8.51. The van der Waals surface area contributed by atoms with E-state index >= 15 is 0 Å². The van der Waals surface area contributed by atoms with Crippen molar-refractivity contribution in [1.82, 2.24) is 10.1 Å². The average Bonchev–Trinajstić information content (AvgIpc) is 3.42. The SMILES string of the molecule is CC(=O)Nc1ccc2c(CCc3nc(-c4ccccc4)oc3-c3ccccc3)noc2c1. The predicted octanol–water partition coefficient (Wildman–Crippen LogP) is 5.89. The first kappa shape index (κ1) is 19.8. The van der Waals surface area contributed by atoms with Crippen molar-refractivity contribution in [2.45, 2.75) is 19.8 Å². The molecule has 5 aromatic rings. The number of carbonyl (C=O) groups excluding carboxylic acids is 1. The molecule has 1 amide bonds. The Kier molecular flexibility index (Phi) is 5.25. The van der Waals surface area contributed by atoms with Crippen molar-refractivity contribution in [3.05, 3.63) is 90.3 Å². The zero-order chi connectivity index (χ0) is 21.9. The number of anilines is 1. The Morgan fingerprint density at radius 2 is 1.56 bits per heavy atom. The van der Waals surface area contributed by atoms with Crippen molar-refractivity contribution in [3.8, 4) is 22.8 Å². The molecule has 0 aliphatic rings. The molecule has 158 valence electrons. The maximum Gasteiger partial charge on any atom is 0.227 e. The standard InChI is InChI=1S/C26H21N3O3/c1-17(30)27-20-12-13-21-22(29-32-24(21)16-20)14-15-23-25(18-8-4-2-5-9-18)31-26(28-23)19-10-6-3-7-11-19/h2-13,16H,14-15H2,1H3,(H,27,30). The van der Waals surface area contributed by atoms with Crippen LogP contribution in [0.4, 0.5) is 5.69 Å². The van der Waals surface area contributed by atoms with Gasteiger partial charge in [0.2, 0.25) is 11.8 Å². The molecule has 5 rings (SSSR count). The summed E-state index contributed by atoms with van der Waals surface area (Å²) < 4.78 is 11.7. The molecule has 3 aromatic carbocycles. The maximum atomic E-state index is 11.3. The maximum absolute atomic E-state index is 11.3. The van der Waals surface area contributed by atoms with Gasteiger partial charge in [0.05, 0.1) is 11.4 Å². The summed E-state index contributed by atoms with van der Waals surface area (Å²) in [4.78, 5) is 16.1. The van der Waals surface area contributed by atoms with Crippen LogP contribution in [0.15, 0.2) is 87.8 Å². The second-order valence-electron chi connectivity index (χ2n) is 7.55. The van der Waals surface area contributed by atoms with Crippen molar-refractivity contribution in [3.63, 3.8) is 0 Å². The highest BCUT2D eigenvalue weighted by Gasteiger charge is 2.18. The number of fused-ring (bicyclic) bond motifs is 1. The Morgan fingerprint density at radius 1 is 0.875 bits per heavy atom. The fourth-order valence-electron chi connectivity index (χ4n) is 3.73. The van der Waals surface area contributed by atoms with E-state index in [2.05, 4.69) is 10.5 Å². The molecule has 1 N–H and O–H groups in total. The molecule has 6 heteroatoms. The smallest absolute Gasteiger partial charge is 0.227 e. The van der Waals surface area contributed by atoms with Crippen LogP contribution in [0.5, 0.6) is 0 Å². The minimum Gasteiger partial charge on any atom is -0.436 e. The van der Waals surface area contributed by atoms with Gasteiger partial charge < -0.3 is 14.3 Å². The van der Waals surface area contributed by atoms with Crippen LogP contribution < -0.4 is 5.32 Å². The summed E-state index contributed by atoms with van der Waals surface area (Å²) in [5, 5.41) is 7.93. The molecule has 0 spiro atoms. The molecule has 0 aliphatic carbocycles. The van der Waals surface area contributed by atoms with Gasteiger partial charge in [-0.25, -0.2) is 4.98 Å². The van der Waals surface area contributed by atoms with E-state index in [9.17, 15) is 4.79 Å². The zero-order valence-electron chi connectivity index (χ0n) is 17.5. The molecule has 0 unspecified atom stereocenters. The number of hydrogen-bond donors (Lipinski definition) is 1. The zero-order valence-corrected chi connectivity index (χ0v) is 17.5. The first-order chi connectivity index (χ1) is 15.7. The van der Waals surface area contributed by atoms with Crippen molar-refractivity contribution >= 4 is 22.6 Å². The molecule has 2 heterocycles. The fraction of sp³-hybridized carbons (Fsp3) is 0.115. The van der Waals surface area contributed by atoms with Crippen LogP contribution in [0.3, 0.4) is 0 Å². The van der Waals surface area contributed by atoms with Gasteiger partial charge in [0.1, 0.15) is 0 Å². The number of benzene rings is 3. The quantitative estimate of drug-likeness (QED) is 0.368. The number of nitrogens with one attached hydrogen (secondary N) is 1. The van der Waals surface area contributed by atoms with E-state index in [0.717, 1.165) is 33.7 Å². The molecule has 6 nitrogen and oxygen atoms in total. The summed E-state index contributed by atoms with van der Waals surface area (Å²) in [6, 6.07) is 25.4. The van der Waals surface area contributed by atoms with E-state index in [1.165, 1.54) is 6.92 Å². The molecule has 0 radical (unpaired) electrons. The van der Waals surface area contributed by atoms with Gasteiger partial charge in [-0.2, -0.15) is 0 Å². The van der Waals surface area contributed by atoms with Crippen molar-refractivity contribution in [2.75, 3.05) is 5.32 Å². The second-order valence-corrected chi connectivity index (χ2v) is 7.55. The molecule has 0 bridgehead atoms. The number of aromatic nitrogens is 2. The lowest BCUT2D eigenvalue weighted by Gasteiger charge is -2.02. The van der Waals surface area contributed by atoms with Crippen LogP contribution in [0.1, 0.15) is 18.3 Å². The lowest BCUT2D eigenvalue weighted by molar-refractivity contribution is -0.114. The summed E-state index contributed by atoms with van der Waals surface area (Å²) in [6.07, 6.45) is 1.29. The predicted molar refractivity (Wildman–Crippen MR) is 123 cm³/mol. The normalized spacial score (nSPS) is 11.0. The van der Waals surface area contributed by atoms with E-state index in [4.69, 9.17) is 13.9 Å². The molecule has 0 saturated carbocycles. The van der Waals surface area contributed by atoms with Gasteiger partial charge in [0.25, 0.3) is 0 Å². The number of hydrogen-bond acceptors (Lipinski definition) is 5. The van der Waals surface area contributed by atoms with Gasteiger partial charge in [-0.05, 0) is 37.1 Å². The van der Waals surface area contributed by atoms with Crippen LogP contribution in [-0.2, 0) is 17.6 Å². The third-order valence-electron chi connectivity index (χ3n) is 5.22. The largest absolute Gasteiger partial charge is 0.436 e. The van der Waals surface area contributed by atoms with E-state index in [1.54, 1.807) is 6.07 Å². The highest BCUT2D eigenvalue weighted by molar-refractivity contribution is 5.92. The van der Waals surface area contributed by atoms with Gasteiger partial charge in [0.15, 0.2) is 11.3 Å². The fourth-order valence-corrected chi connectivity index (χ4v) is 3.73. The van der Waals surface area contributed by atoms with E-state index in [-0.39, 0.29) is 5.91 Å². The van der Waals surface area contributed by atoms with E-state index < -0.39 is 0 Å². The molecule has 0 aliphatic heterocycles. The van der Waals surface area contributed by atoms with Crippen LogP contribution in [0, 0.1) is 0 Å². The Labute approximate surface area is 184 Å². The Balaban J connectivity index is 1.45. The molecular weight excluding hydrogens is 402 g/mol. The number of aryl methyl sites for hydroxylation is 2. The van der Waals surface area contributed by atoms with E-state index in [1.807, 2.05) is 72.8 Å². The lowest BCUT2D eigenvalue weighted by Crippen LogP contribution is -2.05. The molecule has 0 atom stereocenters. The number of rotatable bonds is 6. The van der Waals surface area contributed by atoms with Crippen molar-refractivity contribution in [2.24, 2.45) is 0 Å². The number of carbonyl (C=O) groups is 1. The Hall–Kier alpha value is -4.19. The van der Waals surface area contributed by atoms with Crippen molar-refractivity contribution < 1.29 is 13.7 Å². The first-order valence-electron chi connectivity index (χ1n) is 10.4. The average molecular weight is 423 g/mol. The summed E-state index contributed by atoms with van der Waals surface area (Å²) in [5.41, 5.74) is 4.97. The van der Waals surface area contributed by atoms with E-state index in [0.29, 0.717) is 30.0 Å². The topological polar surface area (TPSA) is 81.2 Å². The third kappa shape index (κ3) is 4.03. The molecule has 0 saturated heterocycles. The number of oxazole rings is 1. The van der Waals surface area contributed by atoms with Gasteiger partial charge in [-0.1, -0.05) is 53.7 Å². The van der Waals surface area contributed by atoms with Crippen LogP contribution >= 0.6 is 0 Å². The van der Waals surface area contributed by atoms with Gasteiger partial charge in [0, 0.05) is 35.2 Å². The van der Waals surface area contributed by atoms with Crippen LogP contribution in [-0.4, -0.2) is 16.0 Å².